The summed E-state index contributed by atoms with van der Waals surface area (Å²) in [6.07, 6.45) is -0.890. The van der Waals surface area contributed by atoms with Crippen LogP contribution in [-0.2, 0) is 14.3 Å². The van der Waals surface area contributed by atoms with Gasteiger partial charge in [-0.05, 0) is 19.1 Å². The lowest BCUT2D eigenvalue weighted by Crippen LogP contribution is -2.29. The molecule has 0 heterocycles. The van der Waals surface area contributed by atoms with E-state index in [4.69, 9.17) is 10.00 Å². The molecule has 1 aromatic rings. The molecule has 0 saturated heterocycles. The summed E-state index contributed by atoms with van der Waals surface area (Å²) in [6, 6.07) is 8.56. The van der Waals surface area contributed by atoms with Gasteiger partial charge in [0.25, 0.3) is 5.91 Å². The third-order valence-electron chi connectivity index (χ3n) is 2.02. The molecule has 1 amide bonds. The Labute approximate surface area is 99.0 Å². The monoisotopic (exact) mass is 232 g/mol. The molecule has 5 heteroatoms. The third kappa shape index (κ3) is 3.61. The molecule has 17 heavy (non-hydrogen) atoms. The van der Waals surface area contributed by atoms with Crippen LogP contribution in [0.1, 0.15) is 19.4 Å². The fraction of sp³-hybridized carbons (Fsp3) is 0.250. The zero-order chi connectivity index (χ0) is 12.8. The quantitative estimate of drug-likeness (QED) is 0.800. The first kappa shape index (κ1) is 12.7. The lowest BCUT2D eigenvalue weighted by molar-refractivity contribution is -0.150. The second-order valence-corrected chi connectivity index (χ2v) is 3.40. The van der Waals surface area contributed by atoms with Gasteiger partial charge in [-0.2, -0.15) is 5.26 Å². The average molecular weight is 232 g/mol. The first-order chi connectivity index (χ1) is 8.04. The van der Waals surface area contributed by atoms with Crippen molar-refractivity contribution in [3.8, 4) is 6.07 Å². The van der Waals surface area contributed by atoms with E-state index < -0.39 is 18.0 Å². The van der Waals surface area contributed by atoms with Crippen molar-refractivity contribution < 1.29 is 14.3 Å². The molecule has 5 nitrogen and oxygen atoms in total. The summed E-state index contributed by atoms with van der Waals surface area (Å²) in [5, 5.41) is 11.4. The molecule has 0 radical (unpaired) electrons. The number of para-hydroxylation sites is 1. The van der Waals surface area contributed by atoms with Crippen molar-refractivity contribution in [1.29, 1.82) is 5.26 Å². The van der Waals surface area contributed by atoms with Crippen molar-refractivity contribution in [2.75, 3.05) is 5.32 Å². The van der Waals surface area contributed by atoms with Gasteiger partial charge in [0.1, 0.15) is 6.07 Å². The van der Waals surface area contributed by atoms with E-state index in [1.807, 2.05) is 6.07 Å². The number of benzene rings is 1. The number of nitrogens with zero attached hydrogens (tertiary/aromatic N) is 1. The van der Waals surface area contributed by atoms with Crippen LogP contribution in [0.25, 0.3) is 0 Å². The van der Waals surface area contributed by atoms with E-state index in [-0.39, 0.29) is 0 Å². The maximum Gasteiger partial charge on any atom is 0.303 e. The van der Waals surface area contributed by atoms with Gasteiger partial charge in [0.15, 0.2) is 6.10 Å². The molecule has 0 saturated carbocycles. The summed E-state index contributed by atoms with van der Waals surface area (Å²) >= 11 is 0. The van der Waals surface area contributed by atoms with Crippen molar-refractivity contribution in [2.45, 2.75) is 20.0 Å². The Hall–Kier alpha value is -2.35. The number of anilines is 1. The number of carbonyl (C=O) groups excluding carboxylic acids is 2. The largest absolute Gasteiger partial charge is 0.453 e. The molecule has 0 bridgehead atoms. The summed E-state index contributed by atoms with van der Waals surface area (Å²) in [5.74, 6) is -0.996. The van der Waals surface area contributed by atoms with Crippen molar-refractivity contribution in [3.63, 3.8) is 0 Å². The van der Waals surface area contributed by atoms with E-state index in [0.717, 1.165) is 0 Å². The molecule has 1 aromatic carbocycles. The van der Waals surface area contributed by atoms with E-state index in [1.165, 1.54) is 13.8 Å². The molecule has 0 fully saturated rings. The highest BCUT2D eigenvalue weighted by atomic mass is 16.5. The Morgan fingerprint density at radius 2 is 2.06 bits per heavy atom. The van der Waals surface area contributed by atoms with E-state index >= 15 is 0 Å². The number of nitriles is 1. The highest BCUT2D eigenvalue weighted by Gasteiger charge is 2.16. The van der Waals surface area contributed by atoms with Crippen LogP contribution in [-0.4, -0.2) is 18.0 Å². The molecule has 88 valence electrons. The standard InChI is InChI=1S/C12H12N2O3/c1-8(17-9(2)15)12(16)14-11-6-4-3-5-10(11)7-13/h3-6,8H,1-2H3,(H,14,16)/t8-/m0/s1. The minimum absolute atomic E-state index is 0.357. The van der Waals surface area contributed by atoms with Gasteiger partial charge in [-0.15, -0.1) is 0 Å². The van der Waals surface area contributed by atoms with Crippen LogP contribution < -0.4 is 5.32 Å². The minimum Gasteiger partial charge on any atom is -0.453 e. The molecule has 0 aliphatic heterocycles. The van der Waals surface area contributed by atoms with Gasteiger partial charge in [-0.1, -0.05) is 12.1 Å². The highest BCUT2D eigenvalue weighted by Crippen LogP contribution is 2.14. The van der Waals surface area contributed by atoms with E-state index in [0.29, 0.717) is 11.3 Å². The molecule has 0 spiro atoms. The van der Waals surface area contributed by atoms with Crippen molar-refractivity contribution in [2.24, 2.45) is 0 Å². The predicted molar refractivity (Wildman–Crippen MR) is 61.0 cm³/mol. The van der Waals surface area contributed by atoms with Gasteiger partial charge in [0.05, 0.1) is 11.3 Å². The number of nitrogens with one attached hydrogen (secondary N) is 1. The summed E-state index contributed by atoms with van der Waals surface area (Å²) in [4.78, 5) is 22.3. The fourth-order valence-electron chi connectivity index (χ4n) is 1.23. The summed E-state index contributed by atoms with van der Waals surface area (Å²) < 4.78 is 4.72. The Balaban J connectivity index is 2.75. The number of rotatable bonds is 3. The molecule has 0 aliphatic carbocycles. The minimum atomic E-state index is -0.890. The van der Waals surface area contributed by atoms with E-state index in [1.54, 1.807) is 24.3 Å². The topological polar surface area (TPSA) is 79.2 Å². The lowest BCUT2D eigenvalue weighted by atomic mass is 10.2. The first-order valence-corrected chi connectivity index (χ1v) is 5.02. The van der Waals surface area contributed by atoms with Crippen molar-refractivity contribution in [1.82, 2.24) is 0 Å². The van der Waals surface area contributed by atoms with Crippen LogP contribution in [0.2, 0.25) is 0 Å². The third-order valence-corrected chi connectivity index (χ3v) is 2.02. The van der Waals surface area contributed by atoms with Gasteiger partial charge in [0, 0.05) is 6.92 Å². The number of carbonyl (C=O) groups is 2. The molecular weight excluding hydrogens is 220 g/mol. The Morgan fingerprint density at radius 3 is 2.65 bits per heavy atom. The number of hydrogen-bond acceptors (Lipinski definition) is 4. The molecule has 0 aromatic heterocycles. The summed E-state index contributed by atoms with van der Waals surface area (Å²) in [7, 11) is 0. The van der Waals surface area contributed by atoms with Gasteiger partial charge in [0.2, 0.25) is 0 Å². The number of amides is 1. The molecule has 0 unspecified atom stereocenters. The van der Waals surface area contributed by atoms with Crippen LogP contribution in [0.5, 0.6) is 0 Å². The molecule has 0 aliphatic rings. The SMILES string of the molecule is CC(=O)O[C@@H](C)C(=O)Nc1ccccc1C#N. The van der Waals surface area contributed by atoms with E-state index in [2.05, 4.69) is 5.32 Å². The zero-order valence-corrected chi connectivity index (χ0v) is 9.56. The van der Waals surface area contributed by atoms with Gasteiger partial charge >= 0.3 is 5.97 Å². The maximum atomic E-state index is 11.6. The number of esters is 1. The predicted octanol–water partition coefficient (Wildman–Crippen LogP) is 1.45. The Morgan fingerprint density at radius 1 is 1.41 bits per heavy atom. The smallest absolute Gasteiger partial charge is 0.303 e. The second-order valence-electron chi connectivity index (χ2n) is 3.40. The van der Waals surface area contributed by atoms with Gasteiger partial charge < -0.3 is 10.1 Å². The molecular formula is C12H12N2O3. The Bertz CT molecular complexity index is 477. The van der Waals surface area contributed by atoms with Crippen molar-refractivity contribution >= 4 is 17.6 Å². The highest BCUT2D eigenvalue weighted by molar-refractivity contribution is 5.95. The first-order valence-electron chi connectivity index (χ1n) is 5.02. The van der Waals surface area contributed by atoms with Crippen LogP contribution >= 0.6 is 0 Å². The summed E-state index contributed by atoms with van der Waals surface area (Å²) in [5.41, 5.74) is 0.759. The molecule has 1 N–H and O–H groups in total. The fourth-order valence-corrected chi connectivity index (χ4v) is 1.23. The average Bonchev–Trinajstić information content (AvgIpc) is 2.28. The number of hydrogen-bond donors (Lipinski definition) is 1. The number of ether oxygens (including phenoxy) is 1. The molecule has 1 atom stereocenters. The van der Waals surface area contributed by atoms with Gasteiger partial charge in [-0.3, -0.25) is 9.59 Å². The maximum absolute atomic E-state index is 11.6. The summed E-state index contributed by atoms with van der Waals surface area (Å²) in [6.45, 7) is 2.69. The Kier molecular flexibility index (Phi) is 4.23. The van der Waals surface area contributed by atoms with Crippen LogP contribution in [0.4, 0.5) is 5.69 Å². The lowest BCUT2D eigenvalue weighted by Gasteiger charge is -2.12. The van der Waals surface area contributed by atoms with Crippen LogP contribution in [0.15, 0.2) is 24.3 Å². The zero-order valence-electron chi connectivity index (χ0n) is 9.56. The van der Waals surface area contributed by atoms with Gasteiger partial charge in [-0.25, -0.2) is 0 Å². The van der Waals surface area contributed by atoms with Crippen molar-refractivity contribution in [3.05, 3.63) is 29.8 Å². The second kappa shape index (κ2) is 5.66. The van der Waals surface area contributed by atoms with Crippen LogP contribution in [0, 0.1) is 11.3 Å². The normalized spacial score (nSPS) is 11.1. The van der Waals surface area contributed by atoms with Crippen LogP contribution in [0.3, 0.4) is 0 Å². The molecule has 1 rings (SSSR count). The van der Waals surface area contributed by atoms with E-state index in [9.17, 15) is 9.59 Å².